The van der Waals surface area contributed by atoms with Gasteiger partial charge in [0, 0.05) is 25.7 Å². The Morgan fingerprint density at radius 1 is 1.16 bits per heavy atom. The minimum atomic E-state index is -3.67. The van der Waals surface area contributed by atoms with E-state index < -0.39 is 10.0 Å². The zero-order valence-electron chi connectivity index (χ0n) is 14.4. The summed E-state index contributed by atoms with van der Waals surface area (Å²) in [6, 6.07) is 13.8. The molecule has 5 nitrogen and oxygen atoms in total. The Bertz CT molecular complexity index is 858. The lowest BCUT2D eigenvalue weighted by atomic mass is 10.1. The monoisotopic (exact) mass is 358 g/mol. The molecular formula is C19H22N2O3S. The third-order valence-corrected chi connectivity index (χ3v) is 5.58. The van der Waals surface area contributed by atoms with E-state index >= 15 is 0 Å². The fourth-order valence-corrected chi connectivity index (χ4v) is 3.82. The molecule has 0 aliphatic carbocycles. The Balaban J connectivity index is 2.31. The average Bonchev–Trinajstić information content (AvgIpc) is 2.56. The van der Waals surface area contributed by atoms with Crippen molar-refractivity contribution >= 4 is 21.6 Å². The molecule has 0 unspecified atom stereocenters. The lowest BCUT2D eigenvalue weighted by molar-refractivity contribution is -0.114. The highest BCUT2D eigenvalue weighted by atomic mass is 32.2. The minimum Gasteiger partial charge on any atom is -0.326 e. The second-order valence-corrected chi connectivity index (χ2v) is 7.66. The second kappa shape index (κ2) is 8.09. The zero-order valence-corrected chi connectivity index (χ0v) is 15.2. The largest absolute Gasteiger partial charge is 0.326 e. The molecule has 2 aromatic rings. The van der Waals surface area contributed by atoms with E-state index in [0.29, 0.717) is 5.69 Å². The Labute approximate surface area is 149 Å². The summed E-state index contributed by atoms with van der Waals surface area (Å²) in [5, 5.41) is 2.62. The average molecular weight is 358 g/mol. The van der Waals surface area contributed by atoms with Crippen LogP contribution in [0, 0.1) is 6.92 Å². The van der Waals surface area contributed by atoms with Crippen molar-refractivity contribution in [1.82, 2.24) is 4.31 Å². The van der Waals surface area contributed by atoms with Crippen LogP contribution in [0.5, 0.6) is 0 Å². The van der Waals surface area contributed by atoms with Gasteiger partial charge >= 0.3 is 0 Å². The van der Waals surface area contributed by atoms with Crippen molar-refractivity contribution in [2.75, 3.05) is 11.9 Å². The van der Waals surface area contributed by atoms with Crippen LogP contribution in [-0.2, 0) is 21.4 Å². The predicted octanol–water partition coefficient (Wildman–Crippen LogP) is 3.33. The van der Waals surface area contributed by atoms with E-state index in [-0.39, 0.29) is 23.9 Å². The molecule has 0 bridgehead atoms. The van der Waals surface area contributed by atoms with Crippen molar-refractivity contribution in [1.29, 1.82) is 0 Å². The third kappa shape index (κ3) is 4.78. The summed E-state index contributed by atoms with van der Waals surface area (Å²) in [5.41, 5.74) is 2.54. The lowest BCUT2D eigenvalue weighted by Crippen LogP contribution is -2.31. The molecule has 2 rings (SSSR count). The van der Waals surface area contributed by atoms with Crippen molar-refractivity contribution < 1.29 is 13.2 Å². The van der Waals surface area contributed by atoms with Crippen molar-refractivity contribution in [2.45, 2.75) is 25.3 Å². The van der Waals surface area contributed by atoms with Gasteiger partial charge in [0.25, 0.3) is 0 Å². The van der Waals surface area contributed by atoms with Gasteiger partial charge in [-0.2, -0.15) is 4.31 Å². The number of benzene rings is 2. The van der Waals surface area contributed by atoms with Crippen molar-refractivity contribution in [3.63, 3.8) is 0 Å². The first-order valence-electron chi connectivity index (χ1n) is 7.88. The molecule has 0 atom stereocenters. The highest BCUT2D eigenvalue weighted by Crippen LogP contribution is 2.21. The summed E-state index contributed by atoms with van der Waals surface area (Å²) in [7, 11) is -3.67. The number of sulfonamides is 1. The summed E-state index contributed by atoms with van der Waals surface area (Å²) in [5.74, 6) is -0.205. The fraction of sp³-hybridized carbons (Fsp3) is 0.211. The molecule has 2 aromatic carbocycles. The number of anilines is 1. The molecule has 0 aliphatic heterocycles. The van der Waals surface area contributed by atoms with Gasteiger partial charge in [-0.1, -0.05) is 30.3 Å². The standard InChI is InChI=1S/C19H22N2O3S/c1-4-13-21(14-17-8-6-5-7-15(17)2)25(23,24)19-11-9-18(10-12-19)20-16(3)22/h4-12H,1,13-14H2,2-3H3,(H,20,22). The number of amides is 1. The van der Waals surface area contributed by atoms with Crippen LogP contribution in [0.1, 0.15) is 18.1 Å². The molecule has 132 valence electrons. The van der Waals surface area contributed by atoms with Gasteiger partial charge in [-0.25, -0.2) is 8.42 Å². The number of carbonyl (C=O) groups is 1. The van der Waals surface area contributed by atoms with Gasteiger partial charge in [0.05, 0.1) is 4.90 Å². The topological polar surface area (TPSA) is 66.5 Å². The van der Waals surface area contributed by atoms with Crippen LogP contribution in [0.2, 0.25) is 0 Å². The molecule has 0 aliphatic rings. The van der Waals surface area contributed by atoms with E-state index in [1.54, 1.807) is 18.2 Å². The maximum Gasteiger partial charge on any atom is 0.243 e. The number of carbonyl (C=O) groups excluding carboxylic acids is 1. The first-order valence-corrected chi connectivity index (χ1v) is 9.32. The SMILES string of the molecule is C=CCN(Cc1ccccc1C)S(=O)(=O)c1ccc(NC(C)=O)cc1. The van der Waals surface area contributed by atoms with Crippen LogP contribution >= 0.6 is 0 Å². The minimum absolute atomic E-state index is 0.178. The number of nitrogens with one attached hydrogen (secondary N) is 1. The quantitative estimate of drug-likeness (QED) is 0.772. The van der Waals surface area contributed by atoms with E-state index in [0.717, 1.165) is 11.1 Å². The second-order valence-electron chi connectivity index (χ2n) is 5.72. The van der Waals surface area contributed by atoms with Crippen molar-refractivity contribution in [2.24, 2.45) is 0 Å². The summed E-state index contributed by atoms with van der Waals surface area (Å²) in [6.07, 6.45) is 1.57. The molecule has 0 radical (unpaired) electrons. The number of hydrogen-bond donors (Lipinski definition) is 1. The summed E-state index contributed by atoms with van der Waals surface area (Å²) in [4.78, 5) is 11.3. The van der Waals surface area contributed by atoms with Crippen LogP contribution in [0.25, 0.3) is 0 Å². The fourth-order valence-electron chi connectivity index (χ4n) is 2.43. The van der Waals surface area contributed by atoms with Crippen LogP contribution in [0.3, 0.4) is 0 Å². The number of nitrogens with zero attached hydrogens (tertiary/aromatic N) is 1. The summed E-state index contributed by atoms with van der Waals surface area (Å²) >= 11 is 0. The molecule has 1 amide bonds. The Morgan fingerprint density at radius 3 is 2.36 bits per heavy atom. The van der Waals surface area contributed by atoms with Gasteiger partial charge in [-0.3, -0.25) is 4.79 Å². The normalized spacial score (nSPS) is 11.3. The third-order valence-electron chi connectivity index (χ3n) is 3.75. The van der Waals surface area contributed by atoms with E-state index in [1.807, 2.05) is 31.2 Å². The van der Waals surface area contributed by atoms with Gasteiger partial charge in [0.15, 0.2) is 0 Å². The molecular weight excluding hydrogens is 336 g/mol. The van der Waals surface area contributed by atoms with E-state index in [9.17, 15) is 13.2 Å². The highest BCUT2D eigenvalue weighted by molar-refractivity contribution is 7.89. The van der Waals surface area contributed by atoms with Crippen molar-refractivity contribution in [3.05, 3.63) is 72.3 Å². The van der Waals surface area contributed by atoms with Crippen LogP contribution in [0.15, 0.2) is 66.1 Å². The first kappa shape index (κ1) is 18.9. The molecule has 0 heterocycles. The first-order chi connectivity index (χ1) is 11.8. The summed E-state index contributed by atoms with van der Waals surface area (Å²) < 4.78 is 27.3. The molecule has 0 saturated carbocycles. The molecule has 0 fully saturated rings. The number of aryl methyl sites for hydroxylation is 1. The Kier molecular flexibility index (Phi) is 6.12. The molecule has 6 heteroatoms. The maximum atomic E-state index is 13.0. The van der Waals surface area contributed by atoms with Gasteiger partial charge in [0.2, 0.25) is 15.9 Å². The van der Waals surface area contributed by atoms with Gasteiger partial charge in [0.1, 0.15) is 0 Å². The Morgan fingerprint density at radius 2 is 1.80 bits per heavy atom. The molecule has 1 N–H and O–H groups in total. The van der Waals surface area contributed by atoms with Gasteiger partial charge < -0.3 is 5.32 Å². The lowest BCUT2D eigenvalue weighted by Gasteiger charge is -2.22. The van der Waals surface area contributed by atoms with Crippen LogP contribution < -0.4 is 5.32 Å². The molecule has 0 saturated heterocycles. The van der Waals surface area contributed by atoms with Gasteiger partial charge in [-0.15, -0.1) is 6.58 Å². The molecule has 0 aromatic heterocycles. The van der Waals surface area contributed by atoms with E-state index in [1.165, 1.54) is 23.4 Å². The number of hydrogen-bond acceptors (Lipinski definition) is 3. The smallest absolute Gasteiger partial charge is 0.243 e. The summed E-state index contributed by atoms with van der Waals surface area (Å²) in [6.45, 7) is 7.51. The van der Waals surface area contributed by atoms with Crippen LogP contribution in [0.4, 0.5) is 5.69 Å². The van der Waals surface area contributed by atoms with Crippen LogP contribution in [-0.4, -0.2) is 25.2 Å². The number of rotatable bonds is 7. The molecule has 25 heavy (non-hydrogen) atoms. The zero-order chi connectivity index (χ0) is 18.4. The Hall–Kier alpha value is -2.44. The van der Waals surface area contributed by atoms with Gasteiger partial charge in [-0.05, 0) is 42.3 Å². The predicted molar refractivity (Wildman–Crippen MR) is 99.7 cm³/mol. The van der Waals surface area contributed by atoms with Crippen molar-refractivity contribution in [3.8, 4) is 0 Å². The highest BCUT2D eigenvalue weighted by Gasteiger charge is 2.24. The van der Waals surface area contributed by atoms with E-state index in [4.69, 9.17) is 0 Å². The maximum absolute atomic E-state index is 13.0. The van der Waals surface area contributed by atoms with E-state index in [2.05, 4.69) is 11.9 Å². The molecule has 0 spiro atoms.